The second-order valence-corrected chi connectivity index (χ2v) is 5.77. The Morgan fingerprint density at radius 2 is 2.00 bits per heavy atom. The van der Waals surface area contributed by atoms with Crippen molar-refractivity contribution in [2.24, 2.45) is 22.5 Å². The lowest BCUT2D eigenvalue weighted by Crippen LogP contribution is -2.59. The highest BCUT2D eigenvalue weighted by atomic mass is 16.4. The number of carbonyl (C=O) groups is 1. The number of aliphatic carboxylic acids is 1. The highest BCUT2D eigenvalue weighted by Crippen LogP contribution is 2.68. The second-order valence-electron chi connectivity index (χ2n) is 5.77. The van der Waals surface area contributed by atoms with Crippen molar-refractivity contribution in [3.63, 3.8) is 0 Å². The lowest BCUT2D eigenvalue weighted by Gasteiger charge is -2.43. The van der Waals surface area contributed by atoms with Crippen LogP contribution >= 0.6 is 0 Å². The van der Waals surface area contributed by atoms with Crippen LogP contribution in [0.15, 0.2) is 0 Å². The van der Waals surface area contributed by atoms with E-state index in [-0.39, 0.29) is 10.8 Å². The minimum absolute atomic E-state index is 0.0696. The fourth-order valence-corrected chi connectivity index (χ4v) is 3.69. The maximum absolute atomic E-state index is 11.3. The Hall–Kier alpha value is -0.570. The van der Waals surface area contributed by atoms with Crippen molar-refractivity contribution in [2.45, 2.75) is 45.6 Å². The number of carboxylic acids is 1. The Morgan fingerprint density at radius 1 is 1.43 bits per heavy atom. The van der Waals surface area contributed by atoms with Crippen LogP contribution in [0.4, 0.5) is 0 Å². The van der Waals surface area contributed by atoms with Crippen molar-refractivity contribution < 1.29 is 9.90 Å². The highest BCUT2D eigenvalue weighted by molar-refractivity contribution is 5.81. The van der Waals surface area contributed by atoms with E-state index in [9.17, 15) is 9.90 Å². The molecule has 1 unspecified atom stereocenters. The zero-order valence-electron chi connectivity index (χ0n) is 9.13. The molecule has 0 saturated heterocycles. The number of carboxylic acid groups (broad SMARTS) is 1. The van der Waals surface area contributed by atoms with Gasteiger partial charge in [0.05, 0.1) is 0 Å². The minimum Gasteiger partial charge on any atom is -0.480 e. The molecule has 2 aliphatic rings. The van der Waals surface area contributed by atoms with Gasteiger partial charge in [-0.1, -0.05) is 20.8 Å². The molecule has 3 heteroatoms. The number of rotatable bonds is 1. The van der Waals surface area contributed by atoms with Gasteiger partial charge in [-0.05, 0) is 30.6 Å². The summed E-state index contributed by atoms with van der Waals surface area (Å²) in [5, 5.41) is 9.27. The van der Waals surface area contributed by atoms with E-state index >= 15 is 0 Å². The van der Waals surface area contributed by atoms with Crippen molar-refractivity contribution in [3.8, 4) is 0 Å². The number of hydrogen-bond donors (Lipinski definition) is 2. The molecule has 0 amide bonds. The van der Waals surface area contributed by atoms with Crippen LogP contribution in [0.5, 0.6) is 0 Å². The predicted octanol–water partition coefficient (Wildman–Crippen LogP) is 1.61. The van der Waals surface area contributed by atoms with Crippen molar-refractivity contribution in [1.29, 1.82) is 0 Å². The molecule has 2 rings (SSSR count). The van der Waals surface area contributed by atoms with Gasteiger partial charge in [0, 0.05) is 5.41 Å². The first-order valence-electron chi connectivity index (χ1n) is 5.28. The van der Waals surface area contributed by atoms with Crippen LogP contribution in [0, 0.1) is 16.7 Å². The molecule has 2 aliphatic carbocycles. The smallest absolute Gasteiger partial charge is 0.324 e. The van der Waals surface area contributed by atoms with Gasteiger partial charge in [-0.15, -0.1) is 0 Å². The molecule has 0 heterocycles. The maximum Gasteiger partial charge on any atom is 0.324 e. The molecule has 0 aromatic rings. The van der Waals surface area contributed by atoms with Crippen molar-refractivity contribution in [2.75, 3.05) is 0 Å². The lowest BCUT2D eigenvalue weighted by atomic mass is 9.63. The van der Waals surface area contributed by atoms with Crippen LogP contribution in [-0.2, 0) is 4.79 Å². The molecular weight excluding hydrogens is 178 g/mol. The number of hydrogen-bond acceptors (Lipinski definition) is 2. The van der Waals surface area contributed by atoms with Gasteiger partial charge in [-0.2, -0.15) is 0 Å². The Balaban J connectivity index is 2.50. The van der Waals surface area contributed by atoms with E-state index in [0.717, 1.165) is 12.8 Å². The molecule has 3 N–H and O–H groups in total. The van der Waals surface area contributed by atoms with Crippen LogP contribution < -0.4 is 5.73 Å². The van der Waals surface area contributed by atoms with Crippen molar-refractivity contribution in [3.05, 3.63) is 0 Å². The molecule has 3 atom stereocenters. The summed E-state index contributed by atoms with van der Waals surface area (Å²) >= 11 is 0. The summed E-state index contributed by atoms with van der Waals surface area (Å²) in [4.78, 5) is 11.3. The fourth-order valence-electron chi connectivity index (χ4n) is 3.69. The Morgan fingerprint density at radius 3 is 2.21 bits per heavy atom. The minimum atomic E-state index is -1.00. The zero-order valence-corrected chi connectivity index (χ0v) is 9.13. The second kappa shape index (κ2) is 2.32. The van der Waals surface area contributed by atoms with Gasteiger partial charge in [0.2, 0.25) is 0 Å². The van der Waals surface area contributed by atoms with E-state index in [1.165, 1.54) is 0 Å². The molecule has 14 heavy (non-hydrogen) atoms. The molecule has 2 saturated carbocycles. The van der Waals surface area contributed by atoms with E-state index in [4.69, 9.17) is 5.73 Å². The van der Waals surface area contributed by atoms with Crippen LogP contribution in [0.25, 0.3) is 0 Å². The zero-order chi connectivity index (χ0) is 10.8. The molecule has 0 aromatic carbocycles. The van der Waals surface area contributed by atoms with E-state index in [1.807, 2.05) is 6.92 Å². The van der Waals surface area contributed by atoms with Gasteiger partial charge < -0.3 is 10.8 Å². The van der Waals surface area contributed by atoms with E-state index in [2.05, 4.69) is 13.8 Å². The standard InChI is InChI=1S/C11H19NO2/c1-9(2)7-4-5-10(9,3)11(12,6-7)8(13)14/h7H,4-6,12H2,1-3H3,(H,13,14)/t7-,10-,11?/m1/s1. The van der Waals surface area contributed by atoms with E-state index in [1.54, 1.807) is 0 Å². The third kappa shape index (κ3) is 0.761. The molecule has 3 nitrogen and oxygen atoms in total. The average molecular weight is 197 g/mol. The van der Waals surface area contributed by atoms with E-state index in [0.29, 0.717) is 12.3 Å². The average Bonchev–Trinajstić information content (AvgIpc) is 2.36. The molecule has 2 bridgehead atoms. The molecule has 0 aromatic heterocycles. The summed E-state index contributed by atoms with van der Waals surface area (Å²) in [6.07, 6.45) is 2.73. The maximum atomic E-state index is 11.3. The van der Waals surface area contributed by atoms with E-state index < -0.39 is 11.5 Å². The fraction of sp³-hybridized carbons (Fsp3) is 0.909. The Labute approximate surface area is 84.7 Å². The van der Waals surface area contributed by atoms with Crippen molar-refractivity contribution >= 4 is 5.97 Å². The summed E-state index contributed by atoms with van der Waals surface area (Å²) in [6, 6.07) is 0. The summed E-state index contributed by atoms with van der Waals surface area (Å²) in [5.74, 6) is -0.344. The third-order valence-electron chi connectivity index (χ3n) is 5.37. The molecular formula is C11H19NO2. The monoisotopic (exact) mass is 197 g/mol. The Bertz CT molecular complexity index is 300. The molecule has 0 aliphatic heterocycles. The SMILES string of the molecule is CC1(C)[C@@H]2CC[C@@]1(C)C(N)(C(=O)O)C2. The molecule has 2 fully saturated rings. The van der Waals surface area contributed by atoms with Gasteiger partial charge in [0.25, 0.3) is 0 Å². The molecule has 0 spiro atoms. The summed E-state index contributed by atoms with van der Waals surface area (Å²) < 4.78 is 0. The first-order valence-corrected chi connectivity index (χ1v) is 5.28. The first-order chi connectivity index (χ1) is 6.26. The normalized spacial score (nSPS) is 49.6. The number of nitrogens with two attached hydrogens (primary N) is 1. The van der Waals surface area contributed by atoms with Crippen LogP contribution in [-0.4, -0.2) is 16.6 Å². The van der Waals surface area contributed by atoms with Gasteiger partial charge in [0.1, 0.15) is 5.54 Å². The van der Waals surface area contributed by atoms with Gasteiger partial charge in [0.15, 0.2) is 0 Å². The van der Waals surface area contributed by atoms with Gasteiger partial charge >= 0.3 is 5.97 Å². The third-order valence-corrected chi connectivity index (χ3v) is 5.37. The predicted molar refractivity (Wildman–Crippen MR) is 53.8 cm³/mol. The van der Waals surface area contributed by atoms with Crippen LogP contribution in [0.3, 0.4) is 0 Å². The number of fused-ring (bicyclic) bond motifs is 2. The largest absolute Gasteiger partial charge is 0.480 e. The quantitative estimate of drug-likeness (QED) is 0.671. The van der Waals surface area contributed by atoms with Crippen LogP contribution in [0.1, 0.15) is 40.0 Å². The summed E-state index contributed by atoms with van der Waals surface area (Å²) in [5.41, 5.74) is 4.93. The van der Waals surface area contributed by atoms with Crippen LogP contribution in [0.2, 0.25) is 0 Å². The highest BCUT2D eigenvalue weighted by Gasteiger charge is 2.70. The summed E-state index contributed by atoms with van der Waals surface area (Å²) in [6.45, 7) is 6.39. The first kappa shape index (κ1) is 9.97. The van der Waals surface area contributed by atoms with Gasteiger partial charge in [-0.3, -0.25) is 4.79 Å². The van der Waals surface area contributed by atoms with Crippen molar-refractivity contribution in [1.82, 2.24) is 0 Å². The molecule has 80 valence electrons. The van der Waals surface area contributed by atoms with Gasteiger partial charge in [-0.25, -0.2) is 0 Å². The topological polar surface area (TPSA) is 63.3 Å². The lowest BCUT2D eigenvalue weighted by molar-refractivity contribution is -0.149. The Kier molecular flexibility index (Phi) is 1.65. The molecule has 0 radical (unpaired) electrons. The summed E-state index contributed by atoms with van der Waals surface area (Å²) in [7, 11) is 0.